The SMILES string of the molecule is CCOC(=O)C#COc1ccccc1. The number of rotatable bonds is 2. The Morgan fingerprint density at radius 3 is 2.71 bits per heavy atom. The van der Waals surface area contributed by atoms with Crippen molar-refractivity contribution in [3.05, 3.63) is 30.3 Å². The van der Waals surface area contributed by atoms with Crippen LogP contribution in [0.5, 0.6) is 5.75 Å². The standard InChI is InChI=1S/C11H10O3/c1-2-13-11(12)8-9-14-10-6-4-3-5-7-10/h3-7H,2H2,1H3. The van der Waals surface area contributed by atoms with Crippen LogP contribution in [0, 0.1) is 12.0 Å². The maximum Gasteiger partial charge on any atom is 0.387 e. The van der Waals surface area contributed by atoms with Crippen LogP contribution in [-0.4, -0.2) is 12.6 Å². The van der Waals surface area contributed by atoms with Gasteiger partial charge in [0.2, 0.25) is 0 Å². The van der Waals surface area contributed by atoms with Gasteiger partial charge in [-0.25, -0.2) is 4.79 Å². The van der Waals surface area contributed by atoms with E-state index in [1.54, 1.807) is 19.1 Å². The summed E-state index contributed by atoms with van der Waals surface area (Å²) in [5.74, 6) is 2.22. The molecule has 0 aliphatic carbocycles. The molecule has 0 aliphatic heterocycles. The van der Waals surface area contributed by atoms with Crippen LogP contribution in [0.25, 0.3) is 0 Å². The average Bonchev–Trinajstić information content (AvgIpc) is 2.20. The molecule has 0 radical (unpaired) electrons. The molecule has 1 aromatic carbocycles. The molecule has 0 aromatic heterocycles. The molecule has 3 heteroatoms. The highest BCUT2D eigenvalue weighted by Gasteiger charge is 1.92. The largest absolute Gasteiger partial charge is 0.456 e. The Labute approximate surface area is 82.6 Å². The van der Waals surface area contributed by atoms with Crippen molar-refractivity contribution in [2.75, 3.05) is 6.61 Å². The normalized spacial score (nSPS) is 8.36. The molecule has 0 unspecified atom stereocenters. The van der Waals surface area contributed by atoms with Gasteiger partial charge in [-0.3, -0.25) is 0 Å². The number of carbonyl (C=O) groups excluding carboxylic acids is 1. The molecular weight excluding hydrogens is 180 g/mol. The highest BCUT2D eigenvalue weighted by atomic mass is 16.5. The quantitative estimate of drug-likeness (QED) is 0.524. The molecule has 0 saturated heterocycles. The first-order chi connectivity index (χ1) is 6.83. The topological polar surface area (TPSA) is 35.5 Å². The third kappa shape index (κ3) is 3.63. The first-order valence-electron chi connectivity index (χ1n) is 4.22. The predicted octanol–water partition coefficient (Wildman–Crippen LogP) is 1.59. The van der Waals surface area contributed by atoms with E-state index < -0.39 is 5.97 Å². The highest BCUT2D eigenvalue weighted by molar-refractivity contribution is 5.88. The lowest BCUT2D eigenvalue weighted by atomic mass is 10.3. The van der Waals surface area contributed by atoms with E-state index in [1.165, 1.54) is 0 Å². The molecular formula is C11H10O3. The summed E-state index contributed by atoms with van der Waals surface area (Å²) in [5.41, 5.74) is 0. The number of benzene rings is 1. The number of ether oxygens (including phenoxy) is 2. The van der Waals surface area contributed by atoms with E-state index >= 15 is 0 Å². The van der Waals surface area contributed by atoms with Gasteiger partial charge in [-0.15, -0.1) is 0 Å². The lowest BCUT2D eigenvalue weighted by Gasteiger charge is -1.94. The summed E-state index contributed by atoms with van der Waals surface area (Å²) in [6.07, 6.45) is 2.26. The van der Waals surface area contributed by atoms with Gasteiger partial charge in [0.1, 0.15) is 11.9 Å². The van der Waals surface area contributed by atoms with Gasteiger partial charge in [-0.05, 0) is 19.1 Å². The molecule has 1 aromatic rings. The fraction of sp³-hybridized carbons (Fsp3) is 0.182. The Morgan fingerprint density at radius 2 is 2.07 bits per heavy atom. The molecule has 0 atom stereocenters. The van der Waals surface area contributed by atoms with Gasteiger partial charge in [0.05, 0.1) is 12.5 Å². The maximum absolute atomic E-state index is 10.8. The fourth-order valence-corrected chi connectivity index (χ4v) is 0.782. The molecule has 0 amide bonds. The van der Waals surface area contributed by atoms with Gasteiger partial charge in [0.15, 0.2) is 0 Å². The van der Waals surface area contributed by atoms with Gasteiger partial charge >= 0.3 is 5.97 Å². The summed E-state index contributed by atoms with van der Waals surface area (Å²) >= 11 is 0. The number of carbonyl (C=O) groups is 1. The van der Waals surface area contributed by atoms with Crippen molar-refractivity contribution in [2.45, 2.75) is 6.92 Å². The highest BCUT2D eigenvalue weighted by Crippen LogP contribution is 2.06. The molecule has 14 heavy (non-hydrogen) atoms. The summed E-state index contributed by atoms with van der Waals surface area (Å²) < 4.78 is 9.55. The third-order valence-electron chi connectivity index (χ3n) is 1.34. The van der Waals surface area contributed by atoms with Gasteiger partial charge in [-0.1, -0.05) is 18.2 Å². The summed E-state index contributed by atoms with van der Waals surface area (Å²) in [4.78, 5) is 10.8. The van der Waals surface area contributed by atoms with Crippen LogP contribution in [0.2, 0.25) is 0 Å². The van der Waals surface area contributed by atoms with Crippen molar-refractivity contribution in [1.29, 1.82) is 0 Å². The van der Waals surface area contributed by atoms with E-state index in [2.05, 4.69) is 16.8 Å². The van der Waals surface area contributed by atoms with Crippen LogP contribution >= 0.6 is 0 Å². The third-order valence-corrected chi connectivity index (χ3v) is 1.34. The van der Waals surface area contributed by atoms with Gasteiger partial charge in [-0.2, -0.15) is 0 Å². The Morgan fingerprint density at radius 1 is 1.36 bits per heavy atom. The predicted molar refractivity (Wildman–Crippen MR) is 51.5 cm³/mol. The molecule has 0 spiro atoms. The number of hydrogen-bond donors (Lipinski definition) is 0. The first kappa shape index (κ1) is 10.1. The number of para-hydroxylation sites is 1. The Balaban J connectivity index is 2.44. The second kappa shape index (κ2) is 5.65. The molecule has 1 rings (SSSR count). The van der Waals surface area contributed by atoms with Crippen molar-refractivity contribution >= 4 is 5.97 Å². The summed E-state index contributed by atoms with van der Waals surface area (Å²) in [6.45, 7) is 2.04. The second-order valence-electron chi connectivity index (χ2n) is 2.36. The molecule has 3 nitrogen and oxygen atoms in total. The van der Waals surface area contributed by atoms with Crippen molar-refractivity contribution < 1.29 is 14.3 Å². The Kier molecular flexibility index (Phi) is 4.09. The number of hydrogen-bond acceptors (Lipinski definition) is 3. The zero-order chi connectivity index (χ0) is 10.2. The monoisotopic (exact) mass is 190 g/mol. The molecule has 0 N–H and O–H groups in total. The van der Waals surface area contributed by atoms with Crippen LogP contribution in [0.15, 0.2) is 30.3 Å². The van der Waals surface area contributed by atoms with E-state index in [0.717, 1.165) is 0 Å². The molecule has 0 fully saturated rings. The minimum Gasteiger partial charge on any atom is -0.456 e. The van der Waals surface area contributed by atoms with Gasteiger partial charge in [0.25, 0.3) is 0 Å². The average molecular weight is 190 g/mol. The van der Waals surface area contributed by atoms with Crippen LogP contribution in [0.3, 0.4) is 0 Å². The maximum atomic E-state index is 10.8. The molecule has 72 valence electrons. The molecule has 0 heterocycles. The minimum absolute atomic E-state index is 0.318. The van der Waals surface area contributed by atoms with Crippen molar-refractivity contribution in [3.63, 3.8) is 0 Å². The van der Waals surface area contributed by atoms with E-state index in [0.29, 0.717) is 12.4 Å². The van der Waals surface area contributed by atoms with Crippen LogP contribution in [-0.2, 0) is 9.53 Å². The fourth-order valence-electron chi connectivity index (χ4n) is 0.782. The Bertz CT molecular complexity index is 346. The second-order valence-corrected chi connectivity index (χ2v) is 2.36. The molecule has 0 bridgehead atoms. The van der Waals surface area contributed by atoms with E-state index in [4.69, 9.17) is 4.74 Å². The zero-order valence-corrected chi connectivity index (χ0v) is 7.82. The van der Waals surface area contributed by atoms with Crippen LogP contribution in [0.4, 0.5) is 0 Å². The summed E-state index contributed by atoms with van der Waals surface area (Å²) in [5, 5.41) is 0. The first-order valence-corrected chi connectivity index (χ1v) is 4.22. The molecule has 0 aliphatic rings. The lowest BCUT2D eigenvalue weighted by molar-refractivity contribution is -0.136. The number of esters is 1. The van der Waals surface area contributed by atoms with Gasteiger partial charge in [0, 0.05) is 0 Å². The lowest BCUT2D eigenvalue weighted by Crippen LogP contribution is -2.00. The van der Waals surface area contributed by atoms with Crippen LogP contribution in [0.1, 0.15) is 6.92 Å². The van der Waals surface area contributed by atoms with Crippen molar-refractivity contribution in [2.24, 2.45) is 0 Å². The smallest absolute Gasteiger partial charge is 0.387 e. The van der Waals surface area contributed by atoms with E-state index in [1.807, 2.05) is 18.2 Å². The van der Waals surface area contributed by atoms with Crippen LogP contribution < -0.4 is 4.74 Å². The van der Waals surface area contributed by atoms with Gasteiger partial charge < -0.3 is 9.47 Å². The molecule has 0 saturated carbocycles. The Hall–Kier alpha value is -1.95. The van der Waals surface area contributed by atoms with E-state index in [-0.39, 0.29) is 0 Å². The summed E-state index contributed by atoms with van der Waals surface area (Å²) in [7, 11) is 0. The summed E-state index contributed by atoms with van der Waals surface area (Å²) in [6, 6.07) is 9.01. The zero-order valence-electron chi connectivity index (χ0n) is 7.82. The van der Waals surface area contributed by atoms with Crippen molar-refractivity contribution in [3.8, 4) is 17.8 Å². The van der Waals surface area contributed by atoms with E-state index in [9.17, 15) is 4.79 Å². The van der Waals surface area contributed by atoms with Crippen molar-refractivity contribution in [1.82, 2.24) is 0 Å². The minimum atomic E-state index is -0.580.